The van der Waals surface area contributed by atoms with Crippen LogP contribution in [0.15, 0.2) is 18.2 Å². The second-order valence-corrected chi connectivity index (χ2v) is 4.14. The third-order valence-electron chi connectivity index (χ3n) is 2.79. The Kier molecular flexibility index (Phi) is 5.88. The highest BCUT2D eigenvalue weighted by molar-refractivity contribution is 5.89. The number of carbonyl (C=O) groups is 1. The van der Waals surface area contributed by atoms with E-state index in [0.717, 1.165) is 13.2 Å². The SMILES string of the molecule is CNCCC(O)C(O)c1ccc(F)c(C(=O)OC)c1. The zero-order valence-electron chi connectivity index (χ0n) is 10.9. The smallest absolute Gasteiger partial charge is 0.340 e. The normalized spacial score (nSPS) is 13.9. The van der Waals surface area contributed by atoms with Crippen LogP contribution >= 0.6 is 0 Å². The first-order valence-corrected chi connectivity index (χ1v) is 5.89. The summed E-state index contributed by atoms with van der Waals surface area (Å²) in [6, 6.07) is 3.58. The van der Waals surface area contributed by atoms with E-state index in [-0.39, 0.29) is 11.1 Å². The Morgan fingerprint density at radius 2 is 2.16 bits per heavy atom. The van der Waals surface area contributed by atoms with Crippen LogP contribution in [0.2, 0.25) is 0 Å². The highest BCUT2D eigenvalue weighted by atomic mass is 19.1. The number of halogens is 1. The van der Waals surface area contributed by atoms with E-state index >= 15 is 0 Å². The fraction of sp³-hybridized carbons (Fsp3) is 0.462. The quantitative estimate of drug-likeness (QED) is 0.661. The van der Waals surface area contributed by atoms with E-state index < -0.39 is 24.0 Å². The van der Waals surface area contributed by atoms with Gasteiger partial charge in [0.25, 0.3) is 0 Å². The highest BCUT2D eigenvalue weighted by Crippen LogP contribution is 2.22. The third-order valence-corrected chi connectivity index (χ3v) is 2.79. The van der Waals surface area contributed by atoms with Crippen LogP contribution in [0, 0.1) is 5.82 Å². The molecule has 0 heterocycles. The molecule has 19 heavy (non-hydrogen) atoms. The minimum atomic E-state index is -1.18. The van der Waals surface area contributed by atoms with Gasteiger partial charge in [0, 0.05) is 0 Å². The zero-order valence-corrected chi connectivity index (χ0v) is 10.9. The molecule has 3 N–H and O–H groups in total. The lowest BCUT2D eigenvalue weighted by atomic mass is 10.00. The van der Waals surface area contributed by atoms with Gasteiger partial charge in [-0.15, -0.1) is 0 Å². The molecule has 1 aromatic carbocycles. The van der Waals surface area contributed by atoms with Crippen LogP contribution in [-0.2, 0) is 4.74 Å². The van der Waals surface area contributed by atoms with E-state index in [1.165, 1.54) is 12.1 Å². The van der Waals surface area contributed by atoms with Gasteiger partial charge < -0.3 is 20.3 Å². The summed E-state index contributed by atoms with van der Waals surface area (Å²) in [4.78, 5) is 11.3. The first-order chi connectivity index (χ1) is 9.01. The monoisotopic (exact) mass is 271 g/mol. The van der Waals surface area contributed by atoms with Gasteiger partial charge in [-0.2, -0.15) is 0 Å². The number of ether oxygens (including phenoxy) is 1. The van der Waals surface area contributed by atoms with E-state index in [1.54, 1.807) is 7.05 Å². The lowest BCUT2D eigenvalue weighted by Gasteiger charge is -2.18. The van der Waals surface area contributed by atoms with Gasteiger partial charge in [-0.3, -0.25) is 0 Å². The molecule has 0 amide bonds. The van der Waals surface area contributed by atoms with E-state index in [9.17, 15) is 19.4 Å². The van der Waals surface area contributed by atoms with Gasteiger partial charge >= 0.3 is 5.97 Å². The Labute approximate surface area is 111 Å². The molecule has 106 valence electrons. The average Bonchev–Trinajstić information content (AvgIpc) is 2.43. The van der Waals surface area contributed by atoms with Crippen LogP contribution in [0.4, 0.5) is 4.39 Å². The lowest BCUT2D eigenvalue weighted by Crippen LogP contribution is -2.23. The molecule has 0 aromatic heterocycles. The van der Waals surface area contributed by atoms with Crippen molar-refractivity contribution in [3.8, 4) is 0 Å². The molecule has 1 rings (SSSR count). The van der Waals surface area contributed by atoms with Gasteiger partial charge in [-0.1, -0.05) is 6.07 Å². The second-order valence-electron chi connectivity index (χ2n) is 4.14. The molecule has 0 spiro atoms. The molecular formula is C13H18FNO4. The van der Waals surface area contributed by atoms with Gasteiger partial charge in [0.1, 0.15) is 11.9 Å². The first kappa shape index (κ1) is 15.6. The summed E-state index contributed by atoms with van der Waals surface area (Å²) >= 11 is 0. The fourth-order valence-electron chi connectivity index (χ4n) is 1.67. The number of esters is 1. The van der Waals surface area contributed by atoms with E-state index in [1.807, 2.05) is 0 Å². The van der Waals surface area contributed by atoms with Crippen molar-refractivity contribution < 1.29 is 24.1 Å². The number of aliphatic hydroxyl groups excluding tert-OH is 2. The molecule has 1 aromatic rings. The van der Waals surface area contributed by atoms with E-state index in [0.29, 0.717) is 13.0 Å². The molecule has 0 aliphatic rings. The molecule has 5 nitrogen and oxygen atoms in total. The number of hydrogen-bond donors (Lipinski definition) is 3. The first-order valence-electron chi connectivity index (χ1n) is 5.89. The minimum absolute atomic E-state index is 0.264. The summed E-state index contributed by atoms with van der Waals surface area (Å²) < 4.78 is 17.9. The summed E-state index contributed by atoms with van der Waals surface area (Å²) in [7, 11) is 2.87. The molecule has 0 saturated heterocycles. The van der Waals surface area contributed by atoms with Crippen LogP contribution in [0.25, 0.3) is 0 Å². The van der Waals surface area contributed by atoms with Crippen molar-refractivity contribution in [1.29, 1.82) is 0 Å². The fourth-order valence-corrected chi connectivity index (χ4v) is 1.67. The highest BCUT2D eigenvalue weighted by Gasteiger charge is 2.21. The van der Waals surface area contributed by atoms with Crippen molar-refractivity contribution in [2.24, 2.45) is 0 Å². The zero-order chi connectivity index (χ0) is 14.4. The van der Waals surface area contributed by atoms with Crippen molar-refractivity contribution in [1.82, 2.24) is 5.32 Å². The number of methoxy groups -OCH3 is 1. The molecule has 0 aliphatic carbocycles. The van der Waals surface area contributed by atoms with Gasteiger partial charge in [0.05, 0.1) is 18.8 Å². The van der Waals surface area contributed by atoms with Crippen LogP contribution in [-0.4, -0.2) is 43.0 Å². The molecule has 0 fully saturated rings. The Morgan fingerprint density at radius 1 is 1.47 bits per heavy atom. The van der Waals surface area contributed by atoms with Crippen molar-refractivity contribution in [2.75, 3.05) is 20.7 Å². The standard InChI is InChI=1S/C13H18FNO4/c1-15-6-5-11(16)12(17)8-3-4-10(14)9(7-8)13(18)19-2/h3-4,7,11-12,15-17H,5-6H2,1-2H3. The van der Waals surface area contributed by atoms with Crippen molar-refractivity contribution >= 4 is 5.97 Å². The summed E-state index contributed by atoms with van der Waals surface area (Å²) in [5, 5.41) is 22.5. The van der Waals surface area contributed by atoms with Crippen molar-refractivity contribution in [3.05, 3.63) is 35.1 Å². The summed E-state index contributed by atoms with van der Waals surface area (Å²) in [6.45, 7) is 0.531. The van der Waals surface area contributed by atoms with E-state index in [4.69, 9.17) is 0 Å². The Morgan fingerprint density at radius 3 is 2.74 bits per heavy atom. The van der Waals surface area contributed by atoms with E-state index in [2.05, 4.69) is 10.1 Å². The van der Waals surface area contributed by atoms with Gasteiger partial charge in [0.2, 0.25) is 0 Å². The molecule has 0 saturated carbocycles. The average molecular weight is 271 g/mol. The number of benzene rings is 1. The molecule has 0 bridgehead atoms. The Bertz CT molecular complexity index is 439. The second kappa shape index (κ2) is 7.18. The third kappa shape index (κ3) is 3.99. The van der Waals surface area contributed by atoms with Crippen LogP contribution in [0.5, 0.6) is 0 Å². The molecule has 0 radical (unpaired) electrons. The number of rotatable bonds is 6. The van der Waals surface area contributed by atoms with Crippen LogP contribution in [0.1, 0.15) is 28.4 Å². The molecule has 6 heteroatoms. The van der Waals surface area contributed by atoms with Crippen molar-refractivity contribution in [2.45, 2.75) is 18.6 Å². The van der Waals surface area contributed by atoms with Crippen molar-refractivity contribution in [3.63, 3.8) is 0 Å². The maximum absolute atomic E-state index is 13.4. The summed E-state index contributed by atoms with van der Waals surface area (Å²) in [6.07, 6.45) is -1.84. The molecular weight excluding hydrogens is 253 g/mol. The van der Waals surface area contributed by atoms with Gasteiger partial charge in [-0.25, -0.2) is 9.18 Å². The minimum Gasteiger partial charge on any atom is -0.465 e. The Balaban J connectivity index is 2.92. The predicted molar refractivity (Wildman–Crippen MR) is 67.2 cm³/mol. The number of hydrogen-bond acceptors (Lipinski definition) is 5. The maximum atomic E-state index is 13.4. The largest absolute Gasteiger partial charge is 0.465 e. The summed E-state index contributed by atoms with van der Waals surface area (Å²) in [5.74, 6) is -1.55. The molecule has 2 unspecified atom stereocenters. The number of aliphatic hydroxyl groups is 2. The van der Waals surface area contributed by atoms with Crippen LogP contribution < -0.4 is 5.32 Å². The molecule has 0 aliphatic heterocycles. The van der Waals surface area contributed by atoms with Gasteiger partial charge in [-0.05, 0) is 37.7 Å². The molecule has 2 atom stereocenters. The number of nitrogens with one attached hydrogen (secondary N) is 1. The predicted octanol–water partition coefficient (Wildman–Crippen LogP) is 0.616. The van der Waals surface area contributed by atoms with Crippen LogP contribution in [0.3, 0.4) is 0 Å². The maximum Gasteiger partial charge on any atom is 0.340 e. The summed E-state index contributed by atoms with van der Waals surface area (Å²) in [5.41, 5.74) is 0.00488. The number of carbonyl (C=O) groups excluding carboxylic acids is 1. The lowest BCUT2D eigenvalue weighted by molar-refractivity contribution is 0.0139. The topological polar surface area (TPSA) is 78.8 Å². The Hall–Kier alpha value is -1.50. The van der Waals surface area contributed by atoms with Gasteiger partial charge in [0.15, 0.2) is 0 Å².